The molecule has 1 aromatic carbocycles. The first-order chi connectivity index (χ1) is 8.97. The molecule has 0 heterocycles. The van der Waals surface area contributed by atoms with Crippen molar-refractivity contribution in [2.24, 2.45) is 5.92 Å². The lowest BCUT2D eigenvalue weighted by molar-refractivity contribution is -0.142. The molecule has 4 nitrogen and oxygen atoms in total. The molecule has 2 rings (SSSR count). The lowest BCUT2D eigenvalue weighted by Gasteiger charge is -2.17. The maximum absolute atomic E-state index is 12.1. The van der Waals surface area contributed by atoms with Crippen LogP contribution in [0.3, 0.4) is 0 Å². The molecule has 0 radical (unpaired) electrons. The Morgan fingerprint density at radius 1 is 1.32 bits per heavy atom. The Kier molecular flexibility index (Phi) is 4.10. The van der Waals surface area contributed by atoms with Gasteiger partial charge in [0.05, 0.1) is 5.92 Å². The fraction of sp³-hybridized carbons (Fsp3) is 0.429. The molecule has 19 heavy (non-hydrogen) atoms. The molecule has 1 aromatic rings. The summed E-state index contributed by atoms with van der Waals surface area (Å²) in [5.74, 6) is -1.59. The van der Waals surface area contributed by atoms with Crippen molar-refractivity contribution in [1.82, 2.24) is 5.32 Å². The number of carbonyl (C=O) groups is 2. The van der Waals surface area contributed by atoms with Gasteiger partial charge in [0.1, 0.15) is 0 Å². The van der Waals surface area contributed by atoms with Gasteiger partial charge in [0.2, 0.25) is 0 Å². The van der Waals surface area contributed by atoms with Gasteiger partial charge in [-0.25, -0.2) is 0 Å². The minimum Gasteiger partial charge on any atom is -0.481 e. The molecule has 0 aromatic heterocycles. The van der Waals surface area contributed by atoms with Crippen LogP contribution in [-0.4, -0.2) is 23.0 Å². The van der Waals surface area contributed by atoms with Crippen LogP contribution in [0.1, 0.15) is 35.2 Å². The number of amides is 1. The van der Waals surface area contributed by atoms with E-state index in [0.29, 0.717) is 23.4 Å². The van der Waals surface area contributed by atoms with E-state index in [1.54, 1.807) is 18.2 Å². The summed E-state index contributed by atoms with van der Waals surface area (Å²) in [4.78, 5) is 23.2. The monoisotopic (exact) mass is 281 g/mol. The molecule has 0 bridgehead atoms. The molecule has 102 valence electrons. The number of carboxylic acid groups (broad SMARTS) is 1. The highest BCUT2D eigenvalue weighted by Crippen LogP contribution is 2.26. The zero-order valence-electron chi connectivity index (χ0n) is 10.6. The van der Waals surface area contributed by atoms with Crippen molar-refractivity contribution in [2.45, 2.75) is 32.2 Å². The van der Waals surface area contributed by atoms with E-state index >= 15 is 0 Å². The highest BCUT2D eigenvalue weighted by molar-refractivity contribution is 6.31. The fourth-order valence-electron chi connectivity index (χ4n) is 2.55. The van der Waals surface area contributed by atoms with E-state index in [0.717, 1.165) is 12.0 Å². The number of benzene rings is 1. The van der Waals surface area contributed by atoms with Crippen LogP contribution in [0.25, 0.3) is 0 Å². The summed E-state index contributed by atoms with van der Waals surface area (Å²) in [5, 5.41) is 12.4. The van der Waals surface area contributed by atoms with E-state index in [4.69, 9.17) is 16.7 Å². The Hall–Kier alpha value is -1.55. The molecule has 1 aliphatic rings. The molecule has 0 spiro atoms. The van der Waals surface area contributed by atoms with Crippen molar-refractivity contribution in [1.29, 1.82) is 0 Å². The Morgan fingerprint density at radius 2 is 2.05 bits per heavy atom. The summed E-state index contributed by atoms with van der Waals surface area (Å²) in [6, 6.07) is 4.82. The van der Waals surface area contributed by atoms with Crippen molar-refractivity contribution in [3.05, 3.63) is 34.3 Å². The minimum absolute atomic E-state index is 0.260. The molecule has 0 aliphatic heterocycles. The van der Waals surface area contributed by atoms with Gasteiger partial charge in [-0.1, -0.05) is 18.0 Å². The number of nitrogens with one attached hydrogen (secondary N) is 1. The molecular formula is C14H16ClNO3. The van der Waals surface area contributed by atoms with Crippen LogP contribution in [0, 0.1) is 12.8 Å². The van der Waals surface area contributed by atoms with Crippen LogP contribution in [0.4, 0.5) is 0 Å². The summed E-state index contributed by atoms with van der Waals surface area (Å²) in [7, 11) is 0. The summed E-state index contributed by atoms with van der Waals surface area (Å²) in [5.41, 5.74) is 1.37. The highest BCUT2D eigenvalue weighted by atomic mass is 35.5. The average Bonchev–Trinajstić information content (AvgIpc) is 2.75. The second-order valence-electron chi connectivity index (χ2n) is 4.97. The third-order valence-electron chi connectivity index (χ3n) is 3.45. The average molecular weight is 282 g/mol. The van der Waals surface area contributed by atoms with Crippen molar-refractivity contribution >= 4 is 23.5 Å². The van der Waals surface area contributed by atoms with E-state index in [2.05, 4.69) is 5.32 Å². The first kappa shape index (κ1) is 13.9. The van der Waals surface area contributed by atoms with Crippen molar-refractivity contribution in [3.8, 4) is 0 Å². The Morgan fingerprint density at radius 3 is 2.68 bits per heavy atom. The third kappa shape index (κ3) is 3.26. The van der Waals surface area contributed by atoms with Crippen LogP contribution in [0.2, 0.25) is 5.02 Å². The van der Waals surface area contributed by atoms with Gasteiger partial charge in [-0.2, -0.15) is 0 Å². The van der Waals surface area contributed by atoms with Crippen LogP contribution in [-0.2, 0) is 4.79 Å². The fourth-order valence-corrected chi connectivity index (χ4v) is 2.84. The third-order valence-corrected chi connectivity index (χ3v) is 3.67. The van der Waals surface area contributed by atoms with Gasteiger partial charge in [-0.05, 0) is 43.5 Å². The van der Waals surface area contributed by atoms with E-state index in [1.807, 2.05) is 6.92 Å². The van der Waals surface area contributed by atoms with Crippen molar-refractivity contribution < 1.29 is 14.7 Å². The molecule has 1 amide bonds. The summed E-state index contributed by atoms with van der Waals surface area (Å²) in [6.07, 6.45) is 2.16. The number of halogens is 1. The number of carboxylic acids is 1. The Balaban J connectivity index is 2.10. The molecule has 5 heteroatoms. The van der Waals surface area contributed by atoms with E-state index < -0.39 is 11.9 Å². The number of hydrogen-bond donors (Lipinski definition) is 2. The number of aryl methyl sites for hydroxylation is 1. The van der Waals surface area contributed by atoms with E-state index in [1.165, 1.54) is 0 Å². The lowest BCUT2D eigenvalue weighted by Crippen LogP contribution is -2.40. The van der Waals surface area contributed by atoms with Crippen LogP contribution in [0.5, 0.6) is 0 Å². The van der Waals surface area contributed by atoms with Crippen LogP contribution >= 0.6 is 11.6 Å². The second-order valence-corrected chi connectivity index (χ2v) is 5.41. The van der Waals surface area contributed by atoms with Gasteiger partial charge in [-0.15, -0.1) is 0 Å². The predicted octanol–water partition coefficient (Wildman–Crippen LogP) is 2.63. The first-order valence-electron chi connectivity index (χ1n) is 6.28. The maximum atomic E-state index is 12.1. The van der Waals surface area contributed by atoms with Crippen LogP contribution in [0.15, 0.2) is 18.2 Å². The molecule has 2 atom stereocenters. The topological polar surface area (TPSA) is 66.4 Å². The highest BCUT2D eigenvalue weighted by Gasteiger charge is 2.34. The SMILES string of the molecule is Cc1cc(Cl)cc(C(=O)N[C@H]2CCC[C@H]2C(=O)O)c1. The predicted molar refractivity (Wildman–Crippen MR) is 72.4 cm³/mol. The van der Waals surface area contributed by atoms with Gasteiger partial charge >= 0.3 is 5.97 Å². The number of aliphatic carboxylic acids is 1. The van der Waals surface area contributed by atoms with Gasteiger partial charge in [0.15, 0.2) is 0 Å². The van der Waals surface area contributed by atoms with Gasteiger partial charge < -0.3 is 10.4 Å². The second kappa shape index (κ2) is 5.61. The molecule has 1 aliphatic carbocycles. The van der Waals surface area contributed by atoms with E-state index in [9.17, 15) is 9.59 Å². The minimum atomic E-state index is -0.843. The maximum Gasteiger partial charge on any atom is 0.308 e. The molecule has 0 unspecified atom stereocenters. The largest absolute Gasteiger partial charge is 0.481 e. The zero-order valence-corrected chi connectivity index (χ0v) is 11.4. The molecule has 0 saturated heterocycles. The molecule has 2 N–H and O–H groups in total. The number of carbonyl (C=O) groups excluding carboxylic acids is 1. The zero-order chi connectivity index (χ0) is 14.0. The van der Waals surface area contributed by atoms with Gasteiger partial charge in [-0.3, -0.25) is 9.59 Å². The number of hydrogen-bond acceptors (Lipinski definition) is 2. The van der Waals surface area contributed by atoms with Crippen molar-refractivity contribution in [3.63, 3.8) is 0 Å². The summed E-state index contributed by atoms with van der Waals surface area (Å²) in [6.45, 7) is 1.86. The molecule has 1 saturated carbocycles. The first-order valence-corrected chi connectivity index (χ1v) is 6.66. The van der Waals surface area contributed by atoms with Gasteiger partial charge in [0, 0.05) is 16.6 Å². The standard InChI is InChI=1S/C14H16ClNO3/c1-8-5-9(7-10(15)6-8)13(17)16-12-4-2-3-11(12)14(18)19/h5-7,11-12H,2-4H2,1H3,(H,16,17)(H,18,19)/t11-,12+/m1/s1. The van der Waals surface area contributed by atoms with Crippen molar-refractivity contribution in [2.75, 3.05) is 0 Å². The normalized spacial score (nSPS) is 22.2. The Bertz CT molecular complexity index is 495. The van der Waals surface area contributed by atoms with Crippen LogP contribution < -0.4 is 5.32 Å². The summed E-state index contributed by atoms with van der Waals surface area (Å²) < 4.78 is 0. The quantitative estimate of drug-likeness (QED) is 0.895. The summed E-state index contributed by atoms with van der Waals surface area (Å²) >= 11 is 5.92. The smallest absolute Gasteiger partial charge is 0.308 e. The van der Waals surface area contributed by atoms with E-state index in [-0.39, 0.29) is 11.9 Å². The number of rotatable bonds is 3. The van der Waals surface area contributed by atoms with Gasteiger partial charge in [0.25, 0.3) is 5.91 Å². The molecule has 1 fully saturated rings. The Labute approximate surface area is 116 Å². The molecular weight excluding hydrogens is 266 g/mol. The lowest BCUT2D eigenvalue weighted by atomic mass is 10.0.